The molecule has 1 atom stereocenters. The number of primary amides is 1. The lowest BCUT2D eigenvalue weighted by Gasteiger charge is -2.24. The van der Waals surface area contributed by atoms with Crippen molar-refractivity contribution in [3.63, 3.8) is 0 Å². The van der Waals surface area contributed by atoms with Gasteiger partial charge in [0.1, 0.15) is 5.75 Å². The Hall–Kier alpha value is -1.51. The Bertz CT molecular complexity index is 481. The molecule has 1 rings (SSSR count). The highest BCUT2D eigenvalue weighted by molar-refractivity contribution is 5.76. The zero-order valence-corrected chi connectivity index (χ0v) is 14.2. The van der Waals surface area contributed by atoms with Crippen LogP contribution in [0.2, 0.25) is 0 Å². The zero-order valence-electron chi connectivity index (χ0n) is 14.2. The molecule has 1 amide bonds. The average Bonchev–Trinajstić information content (AvgIpc) is 2.32. The summed E-state index contributed by atoms with van der Waals surface area (Å²) in [4.78, 5) is 11.6. The maximum Gasteiger partial charge on any atom is 0.223 e. The van der Waals surface area contributed by atoms with E-state index in [2.05, 4.69) is 47.6 Å². The summed E-state index contributed by atoms with van der Waals surface area (Å²) in [5.74, 6) is 0.239. The number of amides is 1. The van der Waals surface area contributed by atoms with Crippen LogP contribution in [0.1, 0.15) is 53.5 Å². The average molecular weight is 291 g/mol. The van der Waals surface area contributed by atoms with Gasteiger partial charge in [-0.2, -0.15) is 0 Å². The Morgan fingerprint density at radius 3 is 2.29 bits per heavy atom. The van der Waals surface area contributed by atoms with E-state index >= 15 is 0 Å². The van der Waals surface area contributed by atoms with E-state index in [1.807, 2.05) is 18.2 Å². The van der Waals surface area contributed by atoms with E-state index < -0.39 is 0 Å². The first-order valence-corrected chi connectivity index (χ1v) is 7.52. The first-order chi connectivity index (χ1) is 9.49. The highest BCUT2D eigenvalue weighted by Gasteiger charge is 2.24. The number of carbonyl (C=O) groups is 1. The summed E-state index contributed by atoms with van der Waals surface area (Å²) < 4.78 is 5.81. The molecule has 0 fully saturated rings. The molecule has 0 bridgehead atoms. The van der Waals surface area contributed by atoms with E-state index in [1.165, 1.54) is 5.56 Å². The second kappa shape index (κ2) is 6.50. The van der Waals surface area contributed by atoms with Crippen LogP contribution in [0.3, 0.4) is 0 Å². The number of carbonyl (C=O) groups excluding carboxylic acids is 1. The smallest absolute Gasteiger partial charge is 0.223 e. The van der Waals surface area contributed by atoms with Gasteiger partial charge >= 0.3 is 0 Å². The summed E-state index contributed by atoms with van der Waals surface area (Å²) in [5, 5.41) is 0. The van der Waals surface area contributed by atoms with Crippen LogP contribution in [-0.4, -0.2) is 12.5 Å². The van der Waals surface area contributed by atoms with Gasteiger partial charge in [0.05, 0.1) is 12.5 Å². The van der Waals surface area contributed by atoms with E-state index in [-0.39, 0.29) is 22.7 Å². The first-order valence-electron chi connectivity index (χ1n) is 7.52. The summed E-state index contributed by atoms with van der Waals surface area (Å²) in [6, 6.07) is 8.03. The van der Waals surface area contributed by atoms with Crippen LogP contribution >= 0.6 is 0 Å². The summed E-state index contributed by atoms with van der Waals surface area (Å²) in [6.07, 6.45) is 0.724. The number of rotatable bonds is 5. The van der Waals surface area contributed by atoms with E-state index in [0.717, 1.165) is 12.2 Å². The molecule has 3 heteroatoms. The molecular weight excluding hydrogens is 262 g/mol. The molecule has 0 spiro atoms. The van der Waals surface area contributed by atoms with Crippen molar-refractivity contribution < 1.29 is 9.53 Å². The van der Waals surface area contributed by atoms with Gasteiger partial charge in [0.25, 0.3) is 0 Å². The molecule has 0 saturated heterocycles. The molecule has 118 valence electrons. The summed E-state index contributed by atoms with van der Waals surface area (Å²) in [6.45, 7) is 13.1. The molecule has 0 radical (unpaired) electrons. The first kappa shape index (κ1) is 17.5. The number of hydrogen-bond donors (Lipinski definition) is 1. The molecular formula is C18H29NO2. The minimum atomic E-state index is -0.295. The fourth-order valence-corrected chi connectivity index (χ4v) is 2.23. The molecule has 1 unspecified atom stereocenters. The Kier molecular flexibility index (Phi) is 5.43. The molecule has 0 aliphatic rings. The predicted molar refractivity (Wildman–Crippen MR) is 87.4 cm³/mol. The summed E-state index contributed by atoms with van der Waals surface area (Å²) in [5.41, 5.74) is 6.83. The highest BCUT2D eigenvalue weighted by Crippen LogP contribution is 2.27. The lowest BCUT2D eigenvalue weighted by molar-refractivity contribution is -0.123. The van der Waals surface area contributed by atoms with Crippen molar-refractivity contribution in [3.8, 4) is 5.75 Å². The van der Waals surface area contributed by atoms with E-state index in [1.54, 1.807) is 0 Å². The molecule has 0 aliphatic carbocycles. The van der Waals surface area contributed by atoms with Gasteiger partial charge in [0.15, 0.2) is 0 Å². The lowest BCUT2D eigenvalue weighted by Crippen LogP contribution is -2.32. The van der Waals surface area contributed by atoms with Crippen molar-refractivity contribution in [2.45, 2.75) is 53.4 Å². The third-order valence-electron chi connectivity index (χ3n) is 3.41. The van der Waals surface area contributed by atoms with Crippen molar-refractivity contribution in [3.05, 3.63) is 29.8 Å². The second-order valence-electron chi connectivity index (χ2n) is 7.95. The maximum atomic E-state index is 11.6. The Morgan fingerprint density at radius 2 is 1.81 bits per heavy atom. The van der Waals surface area contributed by atoms with Crippen molar-refractivity contribution in [1.29, 1.82) is 0 Å². The SMILES string of the molecule is CC(C)(C)CC(COc1cccc(C(C)(C)C)c1)C(N)=O. The Balaban J connectivity index is 2.75. The quantitative estimate of drug-likeness (QED) is 0.894. The van der Waals surface area contributed by atoms with Crippen LogP contribution in [-0.2, 0) is 10.2 Å². The largest absolute Gasteiger partial charge is 0.493 e. The number of ether oxygens (including phenoxy) is 1. The molecule has 0 aliphatic heterocycles. The topological polar surface area (TPSA) is 52.3 Å². The molecule has 2 N–H and O–H groups in total. The predicted octanol–water partition coefficient (Wildman–Crippen LogP) is 3.90. The highest BCUT2D eigenvalue weighted by atomic mass is 16.5. The van der Waals surface area contributed by atoms with E-state index in [0.29, 0.717) is 6.61 Å². The van der Waals surface area contributed by atoms with Gasteiger partial charge < -0.3 is 10.5 Å². The fourth-order valence-electron chi connectivity index (χ4n) is 2.23. The van der Waals surface area contributed by atoms with Gasteiger partial charge in [0, 0.05) is 0 Å². The van der Waals surface area contributed by atoms with Crippen LogP contribution in [0.4, 0.5) is 0 Å². The van der Waals surface area contributed by atoms with Crippen molar-refractivity contribution >= 4 is 5.91 Å². The molecule has 0 saturated carbocycles. The molecule has 1 aromatic rings. The Morgan fingerprint density at radius 1 is 1.19 bits per heavy atom. The summed E-state index contributed by atoms with van der Waals surface area (Å²) in [7, 11) is 0. The summed E-state index contributed by atoms with van der Waals surface area (Å²) >= 11 is 0. The minimum absolute atomic E-state index is 0.0519. The maximum absolute atomic E-state index is 11.6. The van der Waals surface area contributed by atoms with Gasteiger partial charge in [0.2, 0.25) is 5.91 Å². The Labute approximate surface area is 128 Å². The number of nitrogens with two attached hydrogens (primary N) is 1. The number of hydrogen-bond acceptors (Lipinski definition) is 2. The fraction of sp³-hybridized carbons (Fsp3) is 0.611. The monoisotopic (exact) mass is 291 g/mol. The van der Waals surface area contributed by atoms with Gasteiger partial charge in [-0.3, -0.25) is 4.79 Å². The van der Waals surface area contributed by atoms with Gasteiger partial charge in [-0.15, -0.1) is 0 Å². The standard InChI is InChI=1S/C18H29NO2/c1-17(2,3)11-13(16(19)20)12-21-15-9-7-8-14(10-15)18(4,5)6/h7-10,13H,11-12H2,1-6H3,(H2,19,20). The molecule has 0 aromatic heterocycles. The van der Waals surface area contributed by atoms with Crippen LogP contribution in [0, 0.1) is 11.3 Å². The molecule has 21 heavy (non-hydrogen) atoms. The van der Waals surface area contributed by atoms with Gasteiger partial charge in [-0.1, -0.05) is 53.7 Å². The molecule has 3 nitrogen and oxygen atoms in total. The van der Waals surface area contributed by atoms with Gasteiger partial charge in [-0.05, 0) is 34.9 Å². The van der Waals surface area contributed by atoms with E-state index in [4.69, 9.17) is 10.5 Å². The molecule has 1 aromatic carbocycles. The number of benzene rings is 1. The van der Waals surface area contributed by atoms with Crippen LogP contribution < -0.4 is 10.5 Å². The molecule has 0 heterocycles. The third kappa shape index (κ3) is 6.19. The van der Waals surface area contributed by atoms with Gasteiger partial charge in [-0.25, -0.2) is 0 Å². The lowest BCUT2D eigenvalue weighted by atomic mass is 9.84. The third-order valence-corrected chi connectivity index (χ3v) is 3.41. The van der Waals surface area contributed by atoms with E-state index in [9.17, 15) is 4.79 Å². The van der Waals surface area contributed by atoms with Crippen molar-refractivity contribution in [2.24, 2.45) is 17.1 Å². The van der Waals surface area contributed by atoms with Crippen LogP contribution in [0.5, 0.6) is 5.75 Å². The minimum Gasteiger partial charge on any atom is -0.493 e. The zero-order chi connectivity index (χ0) is 16.3. The van der Waals surface area contributed by atoms with Crippen LogP contribution in [0.15, 0.2) is 24.3 Å². The van der Waals surface area contributed by atoms with Crippen molar-refractivity contribution in [2.75, 3.05) is 6.61 Å². The van der Waals surface area contributed by atoms with Crippen LogP contribution in [0.25, 0.3) is 0 Å². The normalized spacial score (nSPS) is 13.8. The van der Waals surface area contributed by atoms with Crippen molar-refractivity contribution in [1.82, 2.24) is 0 Å². The second-order valence-corrected chi connectivity index (χ2v) is 7.95.